The maximum atomic E-state index is 12.2. The van der Waals surface area contributed by atoms with Gasteiger partial charge in [-0.1, -0.05) is 23.2 Å². The lowest BCUT2D eigenvalue weighted by Crippen LogP contribution is -1.93. The van der Waals surface area contributed by atoms with Crippen molar-refractivity contribution in [1.82, 2.24) is 10.2 Å². The lowest BCUT2D eigenvalue weighted by atomic mass is 10.1. The van der Waals surface area contributed by atoms with E-state index in [2.05, 4.69) is 10.2 Å². The largest absolute Gasteiger partial charge is 0.454 e. The minimum Gasteiger partial charge on any atom is -0.454 e. The van der Waals surface area contributed by atoms with Crippen LogP contribution in [0.4, 0.5) is 0 Å². The number of carbonyl (C=O) groups excluding carboxylic acids is 1. The van der Waals surface area contributed by atoms with E-state index in [1.54, 1.807) is 24.3 Å². The van der Waals surface area contributed by atoms with Gasteiger partial charge in [0.05, 0.1) is 21.4 Å². The topological polar surface area (TPSA) is 64.2 Å². The Bertz CT molecular complexity index is 1030. The number of allylic oxidation sites excluding steroid dienone is 1. The molecule has 0 amide bonds. The molecule has 0 spiro atoms. The van der Waals surface area contributed by atoms with Crippen molar-refractivity contribution in [2.75, 3.05) is 6.79 Å². The van der Waals surface area contributed by atoms with Gasteiger partial charge in [-0.05, 0) is 54.6 Å². The Morgan fingerprint density at radius 1 is 1.04 bits per heavy atom. The van der Waals surface area contributed by atoms with E-state index in [0.29, 0.717) is 27.1 Å². The summed E-state index contributed by atoms with van der Waals surface area (Å²) in [5.74, 6) is 1.23. The molecule has 0 saturated heterocycles. The zero-order chi connectivity index (χ0) is 18.1. The van der Waals surface area contributed by atoms with Gasteiger partial charge in [0.25, 0.3) is 0 Å². The van der Waals surface area contributed by atoms with Crippen LogP contribution in [0.1, 0.15) is 16.1 Å². The second-order valence-electron chi connectivity index (χ2n) is 5.60. The standard InChI is InChI=1S/C19H12Cl2N2O3/c20-14-4-1-12(7-15(14)21)17(24)5-3-13-9-16(23-22-13)11-2-6-18-19(8-11)26-10-25-18/h1-9H,10H2,(H,22,23)/b5-3+. The predicted molar refractivity (Wildman–Crippen MR) is 100.0 cm³/mol. The van der Waals surface area contributed by atoms with Gasteiger partial charge in [-0.25, -0.2) is 0 Å². The average Bonchev–Trinajstić information content (AvgIpc) is 3.30. The van der Waals surface area contributed by atoms with Crippen molar-refractivity contribution in [3.8, 4) is 22.8 Å². The zero-order valence-corrected chi connectivity index (χ0v) is 14.8. The van der Waals surface area contributed by atoms with Gasteiger partial charge in [0, 0.05) is 11.1 Å². The zero-order valence-electron chi connectivity index (χ0n) is 13.3. The van der Waals surface area contributed by atoms with Crippen molar-refractivity contribution in [1.29, 1.82) is 0 Å². The van der Waals surface area contributed by atoms with Gasteiger partial charge in [-0.15, -0.1) is 0 Å². The van der Waals surface area contributed by atoms with Crippen LogP contribution in [-0.4, -0.2) is 22.8 Å². The molecule has 0 unspecified atom stereocenters. The molecule has 2 heterocycles. The highest BCUT2D eigenvalue weighted by molar-refractivity contribution is 6.42. The first-order valence-electron chi connectivity index (χ1n) is 7.73. The third-order valence-electron chi connectivity index (χ3n) is 3.88. The minimum absolute atomic E-state index is 0.178. The van der Waals surface area contributed by atoms with Gasteiger partial charge in [0.2, 0.25) is 6.79 Å². The van der Waals surface area contributed by atoms with Gasteiger partial charge >= 0.3 is 0 Å². The van der Waals surface area contributed by atoms with E-state index in [1.807, 2.05) is 24.3 Å². The van der Waals surface area contributed by atoms with Crippen LogP contribution in [0, 0.1) is 0 Å². The number of aromatic amines is 1. The molecular formula is C19H12Cl2N2O3. The quantitative estimate of drug-likeness (QED) is 0.505. The van der Waals surface area contributed by atoms with Crippen LogP contribution in [0.5, 0.6) is 11.5 Å². The predicted octanol–water partition coefficient (Wildman–Crippen LogP) is 5.01. The number of hydrogen-bond donors (Lipinski definition) is 1. The Kier molecular flexibility index (Phi) is 4.41. The van der Waals surface area contributed by atoms with Crippen molar-refractivity contribution in [3.05, 3.63) is 69.8 Å². The van der Waals surface area contributed by atoms with Crippen LogP contribution in [0.2, 0.25) is 10.0 Å². The summed E-state index contributed by atoms with van der Waals surface area (Å²) < 4.78 is 10.7. The van der Waals surface area contributed by atoms with E-state index in [1.165, 1.54) is 6.08 Å². The van der Waals surface area contributed by atoms with Crippen molar-refractivity contribution in [2.24, 2.45) is 0 Å². The smallest absolute Gasteiger partial charge is 0.231 e. The molecule has 1 aliphatic rings. The normalized spacial score (nSPS) is 12.7. The molecule has 1 aromatic heterocycles. The van der Waals surface area contributed by atoms with Crippen molar-refractivity contribution in [2.45, 2.75) is 0 Å². The number of benzene rings is 2. The van der Waals surface area contributed by atoms with Gasteiger partial charge in [-0.2, -0.15) is 5.10 Å². The number of rotatable bonds is 4. The van der Waals surface area contributed by atoms with E-state index in [-0.39, 0.29) is 12.6 Å². The highest BCUT2D eigenvalue weighted by Gasteiger charge is 2.14. The molecule has 1 N–H and O–H groups in total. The summed E-state index contributed by atoms with van der Waals surface area (Å²) >= 11 is 11.8. The first-order valence-corrected chi connectivity index (χ1v) is 8.48. The molecule has 1 aliphatic heterocycles. The molecule has 2 aromatic carbocycles. The fourth-order valence-corrected chi connectivity index (χ4v) is 2.83. The number of halogens is 2. The maximum Gasteiger partial charge on any atom is 0.231 e. The molecule has 130 valence electrons. The summed E-state index contributed by atoms with van der Waals surface area (Å²) in [6.45, 7) is 0.226. The van der Waals surface area contributed by atoms with Crippen LogP contribution < -0.4 is 9.47 Å². The van der Waals surface area contributed by atoms with Crippen molar-refractivity contribution >= 4 is 35.1 Å². The number of nitrogens with one attached hydrogen (secondary N) is 1. The van der Waals surface area contributed by atoms with E-state index in [0.717, 1.165) is 17.0 Å². The lowest BCUT2D eigenvalue weighted by molar-refractivity contribution is 0.104. The molecule has 26 heavy (non-hydrogen) atoms. The fraction of sp³-hybridized carbons (Fsp3) is 0.0526. The minimum atomic E-state index is -0.178. The van der Waals surface area contributed by atoms with E-state index in [4.69, 9.17) is 32.7 Å². The summed E-state index contributed by atoms with van der Waals surface area (Å²) in [5, 5.41) is 7.91. The van der Waals surface area contributed by atoms with E-state index >= 15 is 0 Å². The maximum absolute atomic E-state index is 12.2. The summed E-state index contributed by atoms with van der Waals surface area (Å²) in [7, 11) is 0. The van der Waals surface area contributed by atoms with Gasteiger partial charge in [0.15, 0.2) is 17.3 Å². The lowest BCUT2D eigenvalue weighted by Gasteiger charge is -1.99. The molecular weight excluding hydrogens is 375 g/mol. The number of nitrogens with zero attached hydrogens (tertiary/aromatic N) is 1. The first kappa shape index (κ1) is 16.7. The molecule has 7 heteroatoms. The van der Waals surface area contributed by atoms with Crippen LogP contribution in [0.25, 0.3) is 17.3 Å². The highest BCUT2D eigenvalue weighted by Crippen LogP contribution is 2.35. The number of ketones is 1. The SMILES string of the molecule is O=C(/C=C/c1cc(-c2ccc3c(c2)OCO3)n[nH]1)c1ccc(Cl)c(Cl)c1. The van der Waals surface area contributed by atoms with E-state index < -0.39 is 0 Å². The molecule has 0 bridgehead atoms. The third-order valence-corrected chi connectivity index (χ3v) is 4.62. The van der Waals surface area contributed by atoms with Crippen LogP contribution >= 0.6 is 23.2 Å². The first-order chi connectivity index (χ1) is 12.6. The molecule has 4 rings (SSSR count). The van der Waals surface area contributed by atoms with Crippen LogP contribution in [0.3, 0.4) is 0 Å². The Labute approximate surface area is 159 Å². The monoisotopic (exact) mass is 386 g/mol. The molecule has 0 atom stereocenters. The average molecular weight is 387 g/mol. The van der Waals surface area contributed by atoms with Crippen molar-refractivity contribution < 1.29 is 14.3 Å². The van der Waals surface area contributed by atoms with E-state index in [9.17, 15) is 4.79 Å². The number of hydrogen-bond acceptors (Lipinski definition) is 4. The molecule has 0 radical (unpaired) electrons. The third kappa shape index (κ3) is 3.31. The Hall–Kier alpha value is -2.76. The van der Waals surface area contributed by atoms with Gasteiger partial charge in [0.1, 0.15) is 0 Å². The number of aromatic nitrogens is 2. The Morgan fingerprint density at radius 3 is 2.73 bits per heavy atom. The van der Waals surface area contributed by atoms with Crippen LogP contribution in [0.15, 0.2) is 48.5 Å². The summed E-state index contributed by atoms with van der Waals surface area (Å²) in [5.41, 5.74) is 2.79. The van der Waals surface area contributed by atoms with Gasteiger partial charge < -0.3 is 9.47 Å². The molecule has 0 fully saturated rings. The Balaban J connectivity index is 1.52. The molecule has 0 aliphatic carbocycles. The Morgan fingerprint density at radius 2 is 1.88 bits per heavy atom. The van der Waals surface area contributed by atoms with Crippen LogP contribution in [-0.2, 0) is 0 Å². The molecule has 0 saturated carbocycles. The molecule has 5 nitrogen and oxygen atoms in total. The van der Waals surface area contributed by atoms with Gasteiger partial charge in [-0.3, -0.25) is 9.89 Å². The number of carbonyl (C=O) groups is 1. The number of H-pyrrole nitrogens is 1. The summed E-state index contributed by atoms with van der Waals surface area (Å²) in [6, 6.07) is 12.2. The molecule has 3 aromatic rings. The summed E-state index contributed by atoms with van der Waals surface area (Å²) in [6.07, 6.45) is 3.12. The fourth-order valence-electron chi connectivity index (χ4n) is 2.54. The second kappa shape index (κ2) is 6.86. The summed E-state index contributed by atoms with van der Waals surface area (Å²) in [4.78, 5) is 12.2. The highest BCUT2D eigenvalue weighted by atomic mass is 35.5. The number of fused-ring (bicyclic) bond motifs is 1. The second-order valence-corrected chi connectivity index (χ2v) is 6.42. The number of ether oxygens (including phenoxy) is 2. The van der Waals surface area contributed by atoms with Crippen molar-refractivity contribution in [3.63, 3.8) is 0 Å².